The number of thioether (sulfide) groups is 1. The van der Waals surface area contributed by atoms with E-state index in [9.17, 15) is 4.79 Å². The average Bonchev–Trinajstić information content (AvgIpc) is 2.89. The molecule has 0 aliphatic carbocycles. The Balaban J connectivity index is 1.96. The molecule has 112 valence electrons. The van der Waals surface area contributed by atoms with E-state index in [0.717, 1.165) is 23.8 Å². The molecule has 0 fully saturated rings. The average molecular weight is 324 g/mol. The third kappa shape index (κ3) is 4.51. The number of nitrogens with one attached hydrogen (secondary N) is 1. The maximum atomic E-state index is 12.2. The van der Waals surface area contributed by atoms with E-state index in [1.807, 2.05) is 13.1 Å². The summed E-state index contributed by atoms with van der Waals surface area (Å²) in [6, 6.07) is 7.08. The van der Waals surface area contributed by atoms with Crippen LogP contribution in [0.1, 0.15) is 20.3 Å². The van der Waals surface area contributed by atoms with Crippen molar-refractivity contribution < 1.29 is 4.79 Å². The smallest absolute Gasteiger partial charge is 0.237 e. The van der Waals surface area contributed by atoms with Crippen LogP contribution in [0.25, 0.3) is 0 Å². The van der Waals surface area contributed by atoms with Gasteiger partial charge in [0.05, 0.1) is 5.25 Å². The highest BCUT2D eigenvalue weighted by Crippen LogP contribution is 2.23. The molecule has 0 aliphatic heterocycles. The lowest BCUT2D eigenvalue weighted by Gasteiger charge is -2.12. The molecular formula is C15H18ClN3OS. The van der Waals surface area contributed by atoms with Crippen LogP contribution < -0.4 is 5.32 Å². The first-order chi connectivity index (χ1) is 10.1. The first kappa shape index (κ1) is 15.9. The molecule has 1 N–H and O–H groups in total. The van der Waals surface area contributed by atoms with Gasteiger partial charge in [0.15, 0.2) is 5.16 Å². The fourth-order valence-corrected chi connectivity index (χ4v) is 2.83. The minimum absolute atomic E-state index is 0.0478. The zero-order valence-electron chi connectivity index (χ0n) is 12.0. The van der Waals surface area contributed by atoms with Crippen molar-refractivity contribution in [2.45, 2.75) is 37.2 Å². The van der Waals surface area contributed by atoms with Crippen LogP contribution in [0.5, 0.6) is 0 Å². The fraction of sp³-hybridized carbons (Fsp3) is 0.333. The lowest BCUT2D eigenvalue weighted by Crippen LogP contribution is -2.22. The number of hydrogen-bond donors (Lipinski definition) is 1. The second kappa shape index (κ2) is 7.52. The number of nitrogens with zero attached hydrogens (tertiary/aromatic N) is 2. The molecule has 1 amide bonds. The summed E-state index contributed by atoms with van der Waals surface area (Å²) >= 11 is 7.29. The lowest BCUT2D eigenvalue weighted by molar-refractivity contribution is -0.115. The normalized spacial score (nSPS) is 12.1. The molecular weight excluding hydrogens is 306 g/mol. The molecule has 0 aliphatic rings. The SMILES string of the molecule is CCCn1ccnc1S[C@@H](C)C(=O)Nc1ccc(Cl)cc1. The van der Waals surface area contributed by atoms with Crippen LogP contribution in [0.2, 0.25) is 5.02 Å². The van der Waals surface area contributed by atoms with Crippen molar-refractivity contribution >= 4 is 35.0 Å². The number of aromatic nitrogens is 2. The van der Waals surface area contributed by atoms with Gasteiger partial charge in [-0.15, -0.1) is 0 Å². The maximum Gasteiger partial charge on any atom is 0.237 e. The maximum absolute atomic E-state index is 12.2. The van der Waals surface area contributed by atoms with Gasteiger partial charge in [-0.05, 0) is 37.6 Å². The number of halogens is 1. The molecule has 4 nitrogen and oxygen atoms in total. The van der Waals surface area contributed by atoms with E-state index in [1.54, 1.807) is 30.5 Å². The molecule has 1 atom stereocenters. The largest absolute Gasteiger partial charge is 0.326 e. The number of benzene rings is 1. The molecule has 0 spiro atoms. The number of carbonyl (C=O) groups is 1. The molecule has 1 heterocycles. The minimum Gasteiger partial charge on any atom is -0.326 e. The molecule has 2 aromatic rings. The van der Waals surface area contributed by atoms with E-state index in [4.69, 9.17) is 11.6 Å². The number of anilines is 1. The van der Waals surface area contributed by atoms with Crippen molar-refractivity contribution in [3.05, 3.63) is 41.7 Å². The predicted octanol–water partition coefficient (Wildman–Crippen LogP) is 4.07. The van der Waals surface area contributed by atoms with Crippen molar-refractivity contribution in [3.8, 4) is 0 Å². The Labute approximate surface area is 133 Å². The Bertz CT molecular complexity index is 597. The van der Waals surface area contributed by atoms with Crippen molar-refractivity contribution in [1.29, 1.82) is 0 Å². The highest BCUT2D eigenvalue weighted by molar-refractivity contribution is 8.00. The molecule has 0 saturated heterocycles. The van der Waals surface area contributed by atoms with Gasteiger partial charge in [-0.25, -0.2) is 4.98 Å². The number of hydrogen-bond acceptors (Lipinski definition) is 3. The molecule has 0 bridgehead atoms. The van der Waals surface area contributed by atoms with Gasteiger partial charge in [0, 0.05) is 29.6 Å². The number of carbonyl (C=O) groups excluding carboxylic acids is 1. The highest BCUT2D eigenvalue weighted by Gasteiger charge is 2.17. The van der Waals surface area contributed by atoms with Gasteiger partial charge in [-0.1, -0.05) is 30.3 Å². The highest BCUT2D eigenvalue weighted by atomic mass is 35.5. The number of aryl methyl sites for hydroxylation is 1. The Kier molecular flexibility index (Phi) is 5.70. The summed E-state index contributed by atoms with van der Waals surface area (Å²) in [5, 5.41) is 4.17. The summed E-state index contributed by atoms with van der Waals surface area (Å²) < 4.78 is 2.07. The van der Waals surface area contributed by atoms with Gasteiger partial charge in [0.25, 0.3) is 0 Å². The van der Waals surface area contributed by atoms with Crippen LogP contribution in [0, 0.1) is 0 Å². The first-order valence-electron chi connectivity index (χ1n) is 6.84. The summed E-state index contributed by atoms with van der Waals surface area (Å²) in [7, 11) is 0. The van der Waals surface area contributed by atoms with Gasteiger partial charge < -0.3 is 9.88 Å². The molecule has 1 aromatic heterocycles. The monoisotopic (exact) mass is 323 g/mol. The standard InChI is InChI=1S/C15H18ClN3OS/c1-3-9-19-10-8-17-15(19)21-11(2)14(20)18-13-6-4-12(16)5-7-13/h4-8,10-11H,3,9H2,1-2H3,(H,18,20)/t11-/m0/s1. The molecule has 1 aromatic carbocycles. The fourth-order valence-electron chi connectivity index (χ4n) is 1.81. The summed E-state index contributed by atoms with van der Waals surface area (Å²) in [5.74, 6) is -0.0478. The molecule has 0 saturated carbocycles. The molecule has 21 heavy (non-hydrogen) atoms. The van der Waals surface area contributed by atoms with Crippen LogP contribution in [0.4, 0.5) is 5.69 Å². The van der Waals surface area contributed by atoms with Gasteiger partial charge in [-0.2, -0.15) is 0 Å². The van der Waals surface area contributed by atoms with Gasteiger partial charge in [0.2, 0.25) is 5.91 Å². The van der Waals surface area contributed by atoms with E-state index >= 15 is 0 Å². The van der Waals surface area contributed by atoms with Crippen LogP contribution in [0.3, 0.4) is 0 Å². The molecule has 2 rings (SSSR count). The van der Waals surface area contributed by atoms with E-state index < -0.39 is 0 Å². The van der Waals surface area contributed by atoms with Crippen molar-refractivity contribution in [2.75, 3.05) is 5.32 Å². The predicted molar refractivity (Wildman–Crippen MR) is 87.9 cm³/mol. The van der Waals surface area contributed by atoms with Crippen molar-refractivity contribution in [1.82, 2.24) is 9.55 Å². The van der Waals surface area contributed by atoms with E-state index in [1.165, 1.54) is 11.8 Å². The van der Waals surface area contributed by atoms with E-state index in [0.29, 0.717) is 5.02 Å². The number of amides is 1. The van der Waals surface area contributed by atoms with E-state index in [-0.39, 0.29) is 11.2 Å². The number of rotatable bonds is 6. The van der Waals surface area contributed by atoms with Gasteiger partial charge in [0.1, 0.15) is 0 Å². The Hall–Kier alpha value is -1.46. The topological polar surface area (TPSA) is 46.9 Å². The summed E-state index contributed by atoms with van der Waals surface area (Å²) in [6.45, 7) is 4.90. The first-order valence-corrected chi connectivity index (χ1v) is 8.10. The third-order valence-corrected chi connectivity index (χ3v) is 4.28. The van der Waals surface area contributed by atoms with Crippen LogP contribution in [-0.2, 0) is 11.3 Å². The van der Waals surface area contributed by atoms with E-state index in [2.05, 4.69) is 21.8 Å². The van der Waals surface area contributed by atoms with Gasteiger partial charge >= 0.3 is 0 Å². The second-order valence-electron chi connectivity index (χ2n) is 4.66. The Morgan fingerprint density at radius 3 is 2.81 bits per heavy atom. The van der Waals surface area contributed by atoms with Crippen molar-refractivity contribution in [3.63, 3.8) is 0 Å². The lowest BCUT2D eigenvalue weighted by atomic mass is 10.3. The zero-order valence-corrected chi connectivity index (χ0v) is 13.6. The molecule has 6 heteroatoms. The van der Waals surface area contributed by atoms with Crippen LogP contribution in [-0.4, -0.2) is 20.7 Å². The summed E-state index contributed by atoms with van der Waals surface area (Å²) in [4.78, 5) is 16.5. The second-order valence-corrected chi connectivity index (χ2v) is 6.40. The quantitative estimate of drug-likeness (QED) is 0.815. The number of imidazole rings is 1. The Morgan fingerprint density at radius 1 is 1.43 bits per heavy atom. The molecule has 0 radical (unpaired) electrons. The Morgan fingerprint density at radius 2 is 2.14 bits per heavy atom. The van der Waals surface area contributed by atoms with Crippen molar-refractivity contribution in [2.24, 2.45) is 0 Å². The summed E-state index contributed by atoms with van der Waals surface area (Å²) in [6.07, 6.45) is 4.74. The third-order valence-electron chi connectivity index (χ3n) is 2.90. The summed E-state index contributed by atoms with van der Waals surface area (Å²) in [5.41, 5.74) is 0.744. The van der Waals surface area contributed by atoms with Crippen LogP contribution >= 0.6 is 23.4 Å². The molecule has 0 unspecified atom stereocenters. The van der Waals surface area contributed by atoms with Crippen LogP contribution in [0.15, 0.2) is 41.8 Å². The van der Waals surface area contributed by atoms with Gasteiger partial charge in [-0.3, -0.25) is 4.79 Å². The minimum atomic E-state index is -0.223. The zero-order chi connectivity index (χ0) is 15.2.